The number of rotatable bonds is 10. The van der Waals surface area contributed by atoms with Crippen molar-refractivity contribution in [3.05, 3.63) is 47.4 Å². The Morgan fingerprint density at radius 1 is 1.15 bits per heavy atom. The van der Waals surface area contributed by atoms with Gasteiger partial charge in [-0.2, -0.15) is 0 Å². The molecule has 10 nitrogen and oxygen atoms in total. The van der Waals surface area contributed by atoms with Crippen molar-refractivity contribution < 1.29 is 22.7 Å². The van der Waals surface area contributed by atoms with Gasteiger partial charge in [-0.3, -0.25) is 0 Å². The minimum Gasteiger partial charge on any atom is -0.474 e. The highest BCUT2D eigenvalue weighted by Gasteiger charge is 2.32. The summed E-state index contributed by atoms with van der Waals surface area (Å²) in [6.07, 6.45) is 5.95. The average molecular weight is 570 g/mol. The summed E-state index contributed by atoms with van der Waals surface area (Å²) < 4.78 is 35.4. The van der Waals surface area contributed by atoms with Crippen LogP contribution in [0.3, 0.4) is 0 Å². The molecule has 40 heavy (non-hydrogen) atoms. The number of hydrogen-bond acceptors (Lipinski definition) is 10. The zero-order valence-corrected chi connectivity index (χ0v) is 25.0. The van der Waals surface area contributed by atoms with Crippen molar-refractivity contribution in [2.24, 2.45) is 5.73 Å². The van der Waals surface area contributed by atoms with Gasteiger partial charge in [-0.15, -0.1) is 0 Å². The highest BCUT2D eigenvalue weighted by Crippen LogP contribution is 2.36. The number of hydrogen-bond donors (Lipinski definition) is 2. The van der Waals surface area contributed by atoms with Crippen LogP contribution in [0.2, 0.25) is 0 Å². The first-order valence-electron chi connectivity index (χ1n) is 13.6. The second-order valence-electron chi connectivity index (χ2n) is 11.2. The van der Waals surface area contributed by atoms with Gasteiger partial charge in [0.1, 0.15) is 27.6 Å². The lowest BCUT2D eigenvalue weighted by Crippen LogP contribution is -2.33. The van der Waals surface area contributed by atoms with Crippen LogP contribution in [0.25, 0.3) is 10.8 Å². The molecule has 0 spiro atoms. The van der Waals surface area contributed by atoms with Gasteiger partial charge in [0.15, 0.2) is 0 Å². The van der Waals surface area contributed by atoms with Crippen LogP contribution in [0.1, 0.15) is 88.3 Å². The van der Waals surface area contributed by atoms with Crippen LogP contribution < -0.4 is 15.8 Å². The summed E-state index contributed by atoms with van der Waals surface area (Å²) in [6.45, 7) is 11.4. The minimum atomic E-state index is -3.19. The van der Waals surface area contributed by atoms with E-state index in [-0.39, 0.29) is 24.1 Å². The molecule has 1 aliphatic heterocycles. The van der Waals surface area contributed by atoms with Crippen molar-refractivity contribution in [3.63, 3.8) is 0 Å². The minimum absolute atomic E-state index is 0.0456. The molecule has 0 bridgehead atoms. The fourth-order valence-electron chi connectivity index (χ4n) is 5.02. The Hall–Kier alpha value is -3.31. The van der Waals surface area contributed by atoms with Crippen LogP contribution in [-0.2, 0) is 20.1 Å². The number of carbonyl (C=O) groups excluding carboxylic acids is 1. The SMILES string of the molecule is CCC[C@@](C)(N)c1cnc(O[C@H](C)C[C@@H](C)S(C)(=O)=O)c2cnc(Nc3ccc4c(n3)[C@@H](C)[C@H](C)OC4=O)cc12. The lowest BCUT2D eigenvalue weighted by Gasteiger charge is -2.28. The maximum atomic E-state index is 12.3. The molecule has 0 saturated carbocycles. The number of fused-ring (bicyclic) bond motifs is 2. The Bertz CT molecular complexity index is 1520. The summed E-state index contributed by atoms with van der Waals surface area (Å²) in [5, 5.41) is 4.23. The van der Waals surface area contributed by atoms with E-state index in [1.807, 2.05) is 33.8 Å². The molecule has 0 fully saturated rings. The molecule has 0 aliphatic carbocycles. The number of pyridine rings is 3. The van der Waals surface area contributed by atoms with Gasteiger partial charge in [0.25, 0.3) is 0 Å². The van der Waals surface area contributed by atoms with E-state index in [1.165, 1.54) is 6.26 Å². The highest BCUT2D eigenvalue weighted by molar-refractivity contribution is 7.91. The van der Waals surface area contributed by atoms with E-state index in [9.17, 15) is 13.2 Å². The van der Waals surface area contributed by atoms with E-state index in [1.54, 1.807) is 31.5 Å². The number of cyclic esters (lactones) is 1. The zero-order chi connectivity index (χ0) is 29.4. The van der Waals surface area contributed by atoms with Crippen molar-refractivity contribution in [1.29, 1.82) is 0 Å². The van der Waals surface area contributed by atoms with Gasteiger partial charge in [0.2, 0.25) is 5.88 Å². The molecule has 11 heteroatoms. The molecule has 3 aromatic heterocycles. The fraction of sp³-hybridized carbons (Fsp3) is 0.517. The molecule has 0 amide bonds. The van der Waals surface area contributed by atoms with Crippen LogP contribution in [0.4, 0.5) is 11.6 Å². The van der Waals surface area contributed by atoms with Crippen LogP contribution >= 0.6 is 0 Å². The number of nitrogens with two attached hydrogens (primary N) is 1. The standard InChI is InChI=1S/C29H39N5O5S/c1-8-11-29(6,30)23-15-32-27(38-16(2)12-17(3)40(7,36)37)22-14-31-25(13-21(22)23)33-24-10-9-20-26(34-24)18(4)19(5)39-28(20)35/h9-10,13-19H,8,11-12,30H2,1-7H3,(H,31,33,34)/t16-,17-,18+,19+,29-/m1/s1. The molecule has 4 heterocycles. The summed E-state index contributed by atoms with van der Waals surface area (Å²) >= 11 is 0. The van der Waals surface area contributed by atoms with E-state index < -0.39 is 20.6 Å². The molecule has 5 atom stereocenters. The second-order valence-corrected chi connectivity index (χ2v) is 13.7. The van der Waals surface area contributed by atoms with E-state index in [0.717, 1.165) is 23.8 Å². The Morgan fingerprint density at radius 3 is 2.55 bits per heavy atom. The monoisotopic (exact) mass is 569 g/mol. The molecule has 216 valence electrons. The number of ether oxygens (including phenoxy) is 2. The quantitative estimate of drug-likeness (QED) is 0.320. The van der Waals surface area contributed by atoms with E-state index in [2.05, 4.69) is 22.2 Å². The van der Waals surface area contributed by atoms with Gasteiger partial charge >= 0.3 is 5.97 Å². The van der Waals surface area contributed by atoms with Gasteiger partial charge in [0, 0.05) is 36.5 Å². The first-order valence-corrected chi connectivity index (χ1v) is 15.6. The van der Waals surface area contributed by atoms with Gasteiger partial charge in [-0.1, -0.05) is 20.3 Å². The topological polar surface area (TPSA) is 146 Å². The van der Waals surface area contributed by atoms with Crippen LogP contribution in [0.5, 0.6) is 5.88 Å². The van der Waals surface area contributed by atoms with Crippen molar-refractivity contribution in [2.75, 3.05) is 11.6 Å². The molecule has 4 rings (SSSR count). The van der Waals surface area contributed by atoms with Gasteiger partial charge in [0.05, 0.1) is 28.0 Å². The van der Waals surface area contributed by atoms with Crippen molar-refractivity contribution in [2.45, 2.75) is 89.7 Å². The van der Waals surface area contributed by atoms with Gasteiger partial charge in [-0.25, -0.2) is 28.2 Å². The Balaban J connectivity index is 1.72. The largest absolute Gasteiger partial charge is 0.474 e. The van der Waals surface area contributed by atoms with Crippen LogP contribution in [0.15, 0.2) is 30.6 Å². The maximum Gasteiger partial charge on any atom is 0.340 e. The summed E-state index contributed by atoms with van der Waals surface area (Å²) in [5.41, 5.74) is 8.11. The molecule has 0 saturated heterocycles. The number of sulfone groups is 1. The number of anilines is 2. The predicted octanol–water partition coefficient (Wildman–Crippen LogP) is 5.00. The number of carbonyl (C=O) groups is 1. The maximum absolute atomic E-state index is 12.3. The molecular weight excluding hydrogens is 530 g/mol. The summed E-state index contributed by atoms with van der Waals surface area (Å²) in [6, 6.07) is 5.34. The Morgan fingerprint density at radius 2 is 1.88 bits per heavy atom. The zero-order valence-electron chi connectivity index (χ0n) is 24.2. The molecule has 0 radical (unpaired) electrons. The molecule has 3 N–H and O–H groups in total. The van der Waals surface area contributed by atoms with E-state index in [0.29, 0.717) is 40.6 Å². The summed E-state index contributed by atoms with van der Waals surface area (Å²) in [5.74, 6) is 1.05. The van der Waals surface area contributed by atoms with E-state index >= 15 is 0 Å². The second kappa shape index (κ2) is 11.3. The third-order valence-corrected chi connectivity index (χ3v) is 9.31. The molecule has 1 aliphatic rings. The fourth-order valence-corrected chi connectivity index (χ4v) is 5.64. The van der Waals surface area contributed by atoms with Crippen molar-refractivity contribution in [1.82, 2.24) is 15.0 Å². The first-order chi connectivity index (χ1) is 18.7. The molecular formula is C29H39N5O5S. The van der Waals surface area contributed by atoms with Crippen molar-refractivity contribution in [3.8, 4) is 5.88 Å². The van der Waals surface area contributed by atoms with E-state index in [4.69, 9.17) is 20.2 Å². The van der Waals surface area contributed by atoms with Crippen LogP contribution in [0, 0.1) is 0 Å². The molecule has 3 aromatic rings. The average Bonchev–Trinajstić information content (AvgIpc) is 2.86. The van der Waals surface area contributed by atoms with Gasteiger partial charge in [-0.05, 0) is 63.3 Å². The normalized spacial score (nSPS) is 20.2. The van der Waals surface area contributed by atoms with Gasteiger partial charge < -0.3 is 20.5 Å². The summed E-state index contributed by atoms with van der Waals surface area (Å²) in [7, 11) is -3.19. The lowest BCUT2D eigenvalue weighted by molar-refractivity contribution is 0.0235. The smallest absolute Gasteiger partial charge is 0.340 e. The number of aromatic nitrogens is 3. The number of nitrogens with zero attached hydrogens (tertiary/aromatic N) is 3. The number of esters is 1. The summed E-state index contributed by atoms with van der Waals surface area (Å²) in [4.78, 5) is 26.2. The number of nitrogens with one attached hydrogen (secondary N) is 1. The lowest BCUT2D eigenvalue weighted by atomic mass is 9.87. The molecule has 0 aromatic carbocycles. The first kappa shape index (κ1) is 29.7. The third kappa shape index (κ3) is 6.20. The third-order valence-electron chi connectivity index (χ3n) is 7.66. The Labute approximate surface area is 236 Å². The predicted molar refractivity (Wildman–Crippen MR) is 156 cm³/mol. The van der Waals surface area contributed by atoms with Crippen LogP contribution in [-0.4, -0.2) is 53.1 Å². The Kier molecular flexibility index (Phi) is 8.37. The van der Waals surface area contributed by atoms with Crippen molar-refractivity contribution >= 4 is 38.2 Å². The highest BCUT2D eigenvalue weighted by atomic mass is 32.2. The molecule has 0 unspecified atom stereocenters.